The zero-order valence-electron chi connectivity index (χ0n) is 16.0. The van der Waals surface area contributed by atoms with Crippen molar-refractivity contribution >= 4 is 18.4 Å². The molecule has 0 aliphatic carbocycles. The van der Waals surface area contributed by atoms with Crippen LogP contribution >= 0.6 is 12.2 Å². The molecule has 0 amide bonds. The normalized spacial score (nSPS) is 11.1. The van der Waals surface area contributed by atoms with Crippen LogP contribution in [0.1, 0.15) is 29.4 Å². The van der Waals surface area contributed by atoms with Gasteiger partial charge in [-0.2, -0.15) is 14.9 Å². The molecule has 7 nitrogen and oxygen atoms in total. The van der Waals surface area contributed by atoms with Gasteiger partial charge in [0.15, 0.2) is 17.3 Å². The van der Waals surface area contributed by atoms with Gasteiger partial charge in [0, 0.05) is 5.56 Å². The van der Waals surface area contributed by atoms with E-state index in [2.05, 4.69) is 21.4 Å². The van der Waals surface area contributed by atoms with Gasteiger partial charge in [0.2, 0.25) is 4.77 Å². The summed E-state index contributed by atoms with van der Waals surface area (Å²) in [5.74, 6) is 1.70. The third-order valence-electron chi connectivity index (χ3n) is 3.92. The van der Waals surface area contributed by atoms with Crippen LogP contribution in [-0.2, 0) is 6.61 Å². The Morgan fingerprint density at radius 1 is 1.21 bits per heavy atom. The number of nitrogens with one attached hydrogen (secondary N) is 1. The molecular formula is C20H22N4O3S. The third-order valence-corrected chi connectivity index (χ3v) is 4.19. The number of benzene rings is 2. The number of ether oxygens (including phenoxy) is 2. The van der Waals surface area contributed by atoms with Crippen molar-refractivity contribution in [2.75, 3.05) is 6.61 Å². The molecule has 0 spiro atoms. The van der Waals surface area contributed by atoms with Gasteiger partial charge < -0.3 is 14.6 Å². The van der Waals surface area contributed by atoms with Gasteiger partial charge in [0.05, 0.1) is 12.8 Å². The van der Waals surface area contributed by atoms with Crippen LogP contribution in [0, 0.1) is 18.6 Å². The first-order valence-electron chi connectivity index (χ1n) is 8.84. The molecule has 0 saturated carbocycles. The zero-order valence-corrected chi connectivity index (χ0v) is 16.8. The van der Waals surface area contributed by atoms with Crippen molar-refractivity contribution in [2.24, 2.45) is 5.10 Å². The average molecular weight is 398 g/mol. The number of hydrogen-bond donors (Lipinski definition) is 2. The number of aromatic hydroxyl groups is 1. The second-order valence-corrected chi connectivity index (χ2v) is 6.63. The SMILES string of the molecule is CCOc1cccc(/C=N/n2c(COc3cc(C)cc(C)c3)n[nH]c2=S)c1O. The second-order valence-electron chi connectivity index (χ2n) is 6.24. The van der Waals surface area contributed by atoms with Gasteiger partial charge in [-0.3, -0.25) is 0 Å². The van der Waals surface area contributed by atoms with Crippen LogP contribution in [0.25, 0.3) is 0 Å². The van der Waals surface area contributed by atoms with Crippen LogP contribution in [0.3, 0.4) is 0 Å². The van der Waals surface area contributed by atoms with Crippen LogP contribution in [0.5, 0.6) is 17.2 Å². The summed E-state index contributed by atoms with van der Waals surface area (Å²) in [5, 5.41) is 21.5. The molecule has 0 aliphatic rings. The number of aromatic nitrogens is 3. The van der Waals surface area contributed by atoms with E-state index in [0.717, 1.165) is 16.9 Å². The minimum Gasteiger partial charge on any atom is -0.504 e. The van der Waals surface area contributed by atoms with Crippen LogP contribution < -0.4 is 9.47 Å². The Morgan fingerprint density at radius 3 is 2.68 bits per heavy atom. The lowest BCUT2D eigenvalue weighted by atomic mass is 10.1. The van der Waals surface area contributed by atoms with Crippen molar-refractivity contribution in [1.82, 2.24) is 14.9 Å². The molecule has 146 valence electrons. The average Bonchev–Trinajstić information content (AvgIpc) is 3.00. The molecule has 3 aromatic rings. The van der Waals surface area contributed by atoms with Gasteiger partial charge in [0.25, 0.3) is 0 Å². The number of nitrogens with zero attached hydrogens (tertiary/aromatic N) is 3. The highest BCUT2D eigenvalue weighted by Gasteiger charge is 2.09. The van der Waals surface area contributed by atoms with Crippen molar-refractivity contribution in [2.45, 2.75) is 27.4 Å². The highest BCUT2D eigenvalue weighted by molar-refractivity contribution is 7.71. The van der Waals surface area contributed by atoms with Gasteiger partial charge in [-0.1, -0.05) is 12.1 Å². The van der Waals surface area contributed by atoms with E-state index in [4.69, 9.17) is 21.7 Å². The Morgan fingerprint density at radius 2 is 1.96 bits per heavy atom. The van der Waals surface area contributed by atoms with Gasteiger partial charge >= 0.3 is 0 Å². The Hall–Kier alpha value is -3.13. The van der Waals surface area contributed by atoms with E-state index in [1.165, 1.54) is 10.9 Å². The summed E-state index contributed by atoms with van der Waals surface area (Å²) in [7, 11) is 0. The molecule has 1 heterocycles. The Balaban J connectivity index is 1.81. The van der Waals surface area contributed by atoms with Crippen molar-refractivity contribution < 1.29 is 14.6 Å². The summed E-state index contributed by atoms with van der Waals surface area (Å²) in [4.78, 5) is 0. The Kier molecular flexibility index (Phi) is 6.10. The lowest BCUT2D eigenvalue weighted by Gasteiger charge is -2.08. The summed E-state index contributed by atoms with van der Waals surface area (Å²) in [6, 6.07) is 11.2. The molecule has 1 aromatic heterocycles. The largest absolute Gasteiger partial charge is 0.504 e. The standard InChI is InChI=1S/C20H22N4O3S/c1-4-26-17-7-5-6-15(19(17)25)11-21-24-18(22-23-20(24)28)12-27-16-9-13(2)8-14(3)10-16/h5-11,25H,4,12H2,1-3H3,(H,23,28)/b21-11+. The maximum absolute atomic E-state index is 10.3. The van der Waals surface area contributed by atoms with Gasteiger partial charge in [-0.05, 0) is 68.4 Å². The van der Waals surface area contributed by atoms with E-state index in [9.17, 15) is 5.11 Å². The number of H-pyrrole nitrogens is 1. The first-order chi connectivity index (χ1) is 13.5. The molecular weight excluding hydrogens is 376 g/mol. The molecule has 0 saturated heterocycles. The highest BCUT2D eigenvalue weighted by Crippen LogP contribution is 2.28. The number of aromatic amines is 1. The fraction of sp³-hybridized carbons (Fsp3) is 0.250. The first kappa shape index (κ1) is 19.6. The monoisotopic (exact) mass is 398 g/mol. The quantitative estimate of drug-likeness (QED) is 0.462. The molecule has 0 fully saturated rings. The molecule has 8 heteroatoms. The summed E-state index contributed by atoms with van der Waals surface area (Å²) in [6.45, 7) is 6.54. The number of rotatable bonds is 7. The van der Waals surface area contributed by atoms with E-state index in [-0.39, 0.29) is 12.4 Å². The van der Waals surface area contributed by atoms with Crippen molar-refractivity contribution in [3.05, 3.63) is 63.7 Å². The molecule has 0 unspecified atom stereocenters. The van der Waals surface area contributed by atoms with Gasteiger partial charge in [-0.15, -0.1) is 0 Å². The highest BCUT2D eigenvalue weighted by atomic mass is 32.1. The molecule has 28 heavy (non-hydrogen) atoms. The number of aryl methyl sites for hydroxylation is 2. The lowest BCUT2D eigenvalue weighted by molar-refractivity contribution is 0.290. The summed E-state index contributed by atoms with van der Waals surface area (Å²) in [5.41, 5.74) is 2.75. The Labute approximate surface area is 168 Å². The van der Waals surface area contributed by atoms with E-state index < -0.39 is 0 Å². The van der Waals surface area contributed by atoms with E-state index in [1.807, 2.05) is 32.9 Å². The van der Waals surface area contributed by atoms with Gasteiger partial charge in [-0.25, -0.2) is 5.10 Å². The molecule has 3 rings (SSSR count). The number of hydrogen-bond acceptors (Lipinski definition) is 6. The fourth-order valence-corrected chi connectivity index (χ4v) is 2.93. The molecule has 0 aliphatic heterocycles. The summed E-state index contributed by atoms with van der Waals surface area (Å²) < 4.78 is 13.0. The van der Waals surface area contributed by atoms with Crippen LogP contribution in [0.2, 0.25) is 0 Å². The predicted molar refractivity (Wildman–Crippen MR) is 110 cm³/mol. The predicted octanol–water partition coefficient (Wildman–Crippen LogP) is 4.12. The van der Waals surface area contributed by atoms with Crippen molar-refractivity contribution in [3.8, 4) is 17.2 Å². The van der Waals surface area contributed by atoms with E-state index in [0.29, 0.717) is 28.5 Å². The molecule has 0 bridgehead atoms. The summed E-state index contributed by atoms with van der Waals surface area (Å²) in [6.07, 6.45) is 1.50. The number of para-hydroxylation sites is 1. The lowest BCUT2D eigenvalue weighted by Crippen LogP contribution is -2.04. The molecule has 0 radical (unpaired) electrons. The van der Waals surface area contributed by atoms with Crippen LogP contribution in [-0.4, -0.2) is 32.8 Å². The fourth-order valence-electron chi connectivity index (χ4n) is 2.74. The minimum atomic E-state index is 0.0242. The first-order valence-corrected chi connectivity index (χ1v) is 9.25. The number of phenolic OH excluding ortho intramolecular Hbond substituents is 1. The minimum absolute atomic E-state index is 0.0242. The van der Waals surface area contributed by atoms with Crippen molar-refractivity contribution in [1.29, 1.82) is 0 Å². The van der Waals surface area contributed by atoms with E-state index >= 15 is 0 Å². The van der Waals surface area contributed by atoms with Crippen LogP contribution in [0.15, 0.2) is 41.5 Å². The number of phenols is 1. The smallest absolute Gasteiger partial charge is 0.216 e. The summed E-state index contributed by atoms with van der Waals surface area (Å²) >= 11 is 5.25. The maximum atomic E-state index is 10.3. The molecule has 0 atom stereocenters. The third kappa shape index (κ3) is 4.58. The molecule has 2 N–H and O–H groups in total. The second kappa shape index (κ2) is 8.71. The molecule has 2 aromatic carbocycles. The maximum Gasteiger partial charge on any atom is 0.216 e. The topological polar surface area (TPSA) is 84.7 Å². The van der Waals surface area contributed by atoms with E-state index in [1.54, 1.807) is 18.2 Å². The van der Waals surface area contributed by atoms with Crippen LogP contribution in [0.4, 0.5) is 0 Å². The Bertz CT molecular complexity index is 1040. The van der Waals surface area contributed by atoms with Gasteiger partial charge in [0.1, 0.15) is 12.4 Å². The zero-order chi connectivity index (χ0) is 20.1. The van der Waals surface area contributed by atoms with Crippen molar-refractivity contribution in [3.63, 3.8) is 0 Å².